The van der Waals surface area contributed by atoms with Crippen LogP contribution in [0.3, 0.4) is 0 Å². The summed E-state index contributed by atoms with van der Waals surface area (Å²) in [6.45, 7) is 7.50. The van der Waals surface area contributed by atoms with E-state index in [9.17, 15) is 18.4 Å². The van der Waals surface area contributed by atoms with Gasteiger partial charge >= 0.3 is 0 Å². The molecule has 0 spiro atoms. The lowest BCUT2D eigenvalue weighted by atomic mass is 10.0. The summed E-state index contributed by atoms with van der Waals surface area (Å²) in [7, 11) is -1.30. The van der Waals surface area contributed by atoms with Crippen molar-refractivity contribution in [3.63, 3.8) is 0 Å². The minimum atomic E-state index is -1.30. The zero-order chi connectivity index (χ0) is 26.0. The van der Waals surface area contributed by atoms with E-state index in [1.165, 1.54) is 30.5 Å². The highest BCUT2D eigenvalue weighted by Gasteiger charge is 2.21. The Morgan fingerprint density at radius 1 is 1.06 bits per heavy atom. The average molecular weight is 511 g/mol. The summed E-state index contributed by atoms with van der Waals surface area (Å²) in [4.78, 5) is 4.44. The molecule has 0 fully saturated rings. The predicted octanol–water partition coefficient (Wildman–Crippen LogP) is 6.68. The van der Waals surface area contributed by atoms with Gasteiger partial charge in [0, 0.05) is 50.5 Å². The molecule has 0 saturated carbocycles. The molecule has 0 aliphatic carbocycles. The van der Waals surface area contributed by atoms with E-state index >= 15 is 0 Å². The van der Waals surface area contributed by atoms with Gasteiger partial charge in [0.1, 0.15) is 30.0 Å². The van der Waals surface area contributed by atoms with Gasteiger partial charge in [0.2, 0.25) is 0 Å². The van der Waals surface area contributed by atoms with Crippen molar-refractivity contribution in [3.05, 3.63) is 71.8 Å². The van der Waals surface area contributed by atoms with E-state index in [4.69, 9.17) is 15.2 Å². The third-order valence-corrected chi connectivity index (χ3v) is 7.28. The molecule has 2 aromatic carbocycles. The van der Waals surface area contributed by atoms with E-state index in [0.717, 1.165) is 18.2 Å². The Labute approximate surface area is 207 Å². The summed E-state index contributed by atoms with van der Waals surface area (Å²) in [5.74, 6) is -3.05. The second kappa shape index (κ2) is 10.0. The number of hydrogen-bond donors (Lipinski definition) is 1. The molecule has 0 bridgehead atoms. The number of nitrogens with two attached hydrogens (primary N) is 1. The molecule has 4 aromatic rings. The SMILES string of the molecule is C[Si](C)(C)CCOCn1cc(-c2ccc(F)c(C#N)c2)c2c(Oc3c(F)cc(N)cc3F)ccnc21. The van der Waals surface area contributed by atoms with Gasteiger partial charge in [0.05, 0.1) is 10.9 Å². The summed E-state index contributed by atoms with van der Waals surface area (Å²) >= 11 is 0. The molecule has 0 atom stereocenters. The fourth-order valence-electron chi connectivity index (χ4n) is 3.70. The highest BCUT2D eigenvalue weighted by Crippen LogP contribution is 2.40. The average Bonchev–Trinajstić information content (AvgIpc) is 3.18. The highest BCUT2D eigenvalue weighted by molar-refractivity contribution is 6.76. The molecular formula is C26H25F3N4O2Si. The lowest BCUT2D eigenvalue weighted by Gasteiger charge is -2.15. The van der Waals surface area contributed by atoms with E-state index in [2.05, 4.69) is 24.6 Å². The van der Waals surface area contributed by atoms with Gasteiger partial charge in [0.25, 0.3) is 0 Å². The molecular weight excluding hydrogens is 485 g/mol. The van der Waals surface area contributed by atoms with Crippen LogP contribution in [0.5, 0.6) is 11.5 Å². The standard InChI is InChI=1S/C26H25F3N4O2Si/c1-36(2,3)9-8-34-15-33-14-19(16-4-5-20(27)17(10-16)13-30)24-23(6-7-32-26(24)33)35-25-21(28)11-18(31)12-22(25)29/h4-7,10-12,14H,8-9,15,31H2,1-3H3. The molecule has 0 amide bonds. The first kappa shape index (κ1) is 25.3. The number of aromatic nitrogens is 2. The Morgan fingerprint density at radius 2 is 1.78 bits per heavy atom. The normalized spacial score (nSPS) is 11.6. The second-order valence-electron chi connectivity index (χ2n) is 9.59. The molecule has 2 N–H and O–H groups in total. The number of ether oxygens (including phenoxy) is 2. The third kappa shape index (κ3) is 5.37. The Hall–Kier alpha value is -3.81. The van der Waals surface area contributed by atoms with Crippen LogP contribution in [0.2, 0.25) is 25.7 Å². The number of nitrogens with zero attached hydrogens (tertiary/aromatic N) is 3. The van der Waals surface area contributed by atoms with Crippen LogP contribution in [0.1, 0.15) is 5.56 Å². The van der Waals surface area contributed by atoms with E-state index in [1.54, 1.807) is 10.8 Å². The number of benzene rings is 2. The van der Waals surface area contributed by atoms with Crippen LogP contribution in [0, 0.1) is 28.8 Å². The quantitative estimate of drug-likeness (QED) is 0.162. The molecule has 0 radical (unpaired) electrons. The van der Waals surface area contributed by atoms with Gasteiger partial charge in [-0.15, -0.1) is 0 Å². The number of fused-ring (bicyclic) bond motifs is 1. The number of halogens is 3. The molecule has 6 nitrogen and oxygen atoms in total. The second-order valence-corrected chi connectivity index (χ2v) is 15.2. The maximum absolute atomic E-state index is 14.5. The minimum Gasteiger partial charge on any atom is -0.450 e. The van der Waals surface area contributed by atoms with Gasteiger partial charge in [-0.2, -0.15) is 5.26 Å². The van der Waals surface area contributed by atoms with Crippen LogP contribution >= 0.6 is 0 Å². The zero-order valence-electron chi connectivity index (χ0n) is 20.1. The number of nitrogen functional groups attached to an aromatic ring is 1. The molecule has 0 aliphatic heterocycles. The van der Waals surface area contributed by atoms with Crippen LogP contribution in [0.15, 0.2) is 48.8 Å². The molecule has 2 aromatic heterocycles. The largest absolute Gasteiger partial charge is 0.450 e. The van der Waals surface area contributed by atoms with Gasteiger partial charge in [-0.25, -0.2) is 18.2 Å². The van der Waals surface area contributed by atoms with Crippen LogP contribution < -0.4 is 10.5 Å². The van der Waals surface area contributed by atoms with E-state index in [1.807, 2.05) is 6.07 Å². The van der Waals surface area contributed by atoms with Crippen molar-refractivity contribution in [1.82, 2.24) is 9.55 Å². The fraction of sp³-hybridized carbons (Fsp3) is 0.231. The lowest BCUT2D eigenvalue weighted by molar-refractivity contribution is 0.0899. The smallest absolute Gasteiger partial charge is 0.198 e. The zero-order valence-corrected chi connectivity index (χ0v) is 21.1. The first-order valence-electron chi connectivity index (χ1n) is 11.3. The summed E-state index contributed by atoms with van der Waals surface area (Å²) in [6.07, 6.45) is 3.20. The first-order valence-corrected chi connectivity index (χ1v) is 15.0. The van der Waals surface area contributed by atoms with Crippen LogP contribution in [-0.2, 0) is 11.5 Å². The van der Waals surface area contributed by atoms with Gasteiger partial charge in [-0.1, -0.05) is 25.7 Å². The van der Waals surface area contributed by atoms with Crippen molar-refractivity contribution in [2.45, 2.75) is 32.4 Å². The topological polar surface area (TPSA) is 86.1 Å². The number of nitriles is 1. The summed E-state index contributed by atoms with van der Waals surface area (Å²) in [5, 5.41) is 9.74. The van der Waals surface area contributed by atoms with Gasteiger partial charge < -0.3 is 19.8 Å². The number of hydrogen-bond acceptors (Lipinski definition) is 5. The highest BCUT2D eigenvalue weighted by atomic mass is 28.3. The summed E-state index contributed by atoms with van der Waals surface area (Å²) in [5.41, 5.74) is 6.80. The third-order valence-electron chi connectivity index (χ3n) is 5.58. The van der Waals surface area contributed by atoms with Crippen molar-refractivity contribution in [2.24, 2.45) is 0 Å². The lowest BCUT2D eigenvalue weighted by Crippen LogP contribution is -2.22. The predicted molar refractivity (Wildman–Crippen MR) is 135 cm³/mol. The van der Waals surface area contributed by atoms with Gasteiger partial charge in [0.15, 0.2) is 17.4 Å². The first-order chi connectivity index (χ1) is 17.1. The molecule has 0 aliphatic rings. The van der Waals surface area contributed by atoms with E-state index < -0.39 is 31.3 Å². The monoisotopic (exact) mass is 510 g/mol. The van der Waals surface area contributed by atoms with Crippen molar-refractivity contribution in [3.8, 4) is 28.7 Å². The Balaban J connectivity index is 1.83. The van der Waals surface area contributed by atoms with E-state index in [0.29, 0.717) is 28.8 Å². The number of anilines is 1. The minimum absolute atomic E-state index is 0.0742. The van der Waals surface area contributed by atoms with Crippen LogP contribution in [-0.4, -0.2) is 24.2 Å². The van der Waals surface area contributed by atoms with Crippen molar-refractivity contribution in [1.29, 1.82) is 5.26 Å². The van der Waals surface area contributed by atoms with Gasteiger partial charge in [-0.3, -0.25) is 0 Å². The Morgan fingerprint density at radius 3 is 2.44 bits per heavy atom. The molecule has 186 valence electrons. The van der Waals surface area contributed by atoms with Crippen LogP contribution in [0.25, 0.3) is 22.2 Å². The van der Waals surface area contributed by atoms with Crippen LogP contribution in [0.4, 0.5) is 18.9 Å². The molecule has 10 heteroatoms. The Kier molecular flexibility index (Phi) is 7.06. The van der Waals surface area contributed by atoms with Gasteiger partial charge in [-0.05, 0) is 29.8 Å². The maximum Gasteiger partial charge on any atom is 0.198 e. The van der Waals surface area contributed by atoms with Crippen molar-refractivity contribution < 1.29 is 22.6 Å². The summed E-state index contributed by atoms with van der Waals surface area (Å²) < 4.78 is 56.4. The maximum atomic E-state index is 14.5. The fourth-order valence-corrected chi connectivity index (χ4v) is 4.45. The molecule has 0 unspecified atom stereocenters. The number of rotatable bonds is 8. The molecule has 0 saturated heterocycles. The molecule has 2 heterocycles. The van der Waals surface area contributed by atoms with Crippen molar-refractivity contribution in [2.75, 3.05) is 12.3 Å². The molecule has 36 heavy (non-hydrogen) atoms. The number of pyridine rings is 1. The van der Waals surface area contributed by atoms with Crippen molar-refractivity contribution >= 4 is 24.8 Å². The molecule has 4 rings (SSSR count). The van der Waals surface area contributed by atoms with E-state index in [-0.39, 0.29) is 23.7 Å². The summed E-state index contributed by atoms with van der Waals surface area (Å²) in [6, 6.07) is 10.3. The Bertz CT molecular complexity index is 1450.